The van der Waals surface area contributed by atoms with Crippen molar-refractivity contribution >= 4 is 5.97 Å². The van der Waals surface area contributed by atoms with Crippen LogP contribution in [0.15, 0.2) is 0 Å². The van der Waals surface area contributed by atoms with E-state index in [9.17, 15) is 4.79 Å². The van der Waals surface area contributed by atoms with Gasteiger partial charge in [-0.1, -0.05) is 13.8 Å². The number of hydrogen-bond acceptors (Lipinski definition) is 3. The predicted molar refractivity (Wildman–Crippen MR) is 60.7 cm³/mol. The van der Waals surface area contributed by atoms with Crippen LogP contribution in [-0.2, 0) is 9.53 Å². The van der Waals surface area contributed by atoms with E-state index in [0.29, 0.717) is 12.0 Å². The van der Waals surface area contributed by atoms with Gasteiger partial charge in [-0.15, -0.1) is 0 Å². The minimum absolute atomic E-state index is 0.0900. The Bertz CT molecular complexity index is 226. The van der Waals surface area contributed by atoms with Gasteiger partial charge in [-0.3, -0.25) is 10.1 Å². The molecule has 0 radical (unpaired) electrons. The third-order valence-corrected chi connectivity index (χ3v) is 3.50. The Hall–Kier alpha value is -0.570. The summed E-state index contributed by atoms with van der Waals surface area (Å²) in [6, 6.07) is 0.365. The number of ether oxygens (including phenoxy) is 1. The summed E-state index contributed by atoms with van der Waals surface area (Å²) < 4.78 is 4.95. The molecule has 3 heteroatoms. The first-order valence-corrected chi connectivity index (χ1v) is 5.96. The highest BCUT2D eigenvalue weighted by atomic mass is 16.5. The summed E-state index contributed by atoms with van der Waals surface area (Å²) in [6.07, 6.45) is 4.14. The Labute approximate surface area is 92.6 Å². The monoisotopic (exact) mass is 213 g/mol. The Morgan fingerprint density at radius 2 is 2.13 bits per heavy atom. The molecule has 0 aromatic carbocycles. The molecule has 0 aromatic rings. The lowest BCUT2D eigenvalue weighted by Gasteiger charge is -2.34. The molecule has 1 fully saturated rings. The maximum Gasteiger partial charge on any atom is 0.326 e. The summed E-state index contributed by atoms with van der Waals surface area (Å²) in [5.74, 6) is 0.386. The van der Waals surface area contributed by atoms with Crippen LogP contribution in [0.1, 0.15) is 46.5 Å². The molecular formula is C12H23NO2. The van der Waals surface area contributed by atoms with Crippen molar-refractivity contribution in [2.75, 3.05) is 7.11 Å². The molecular weight excluding hydrogens is 190 g/mol. The first-order valence-electron chi connectivity index (χ1n) is 5.96. The molecule has 88 valence electrons. The second kappa shape index (κ2) is 4.97. The maximum atomic E-state index is 11.9. The van der Waals surface area contributed by atoms with Gasteiger partial charge in [-0.05, 0) is 38.5 Å². The zero-order valence-electron chi connectivity index (χ0n) is 10.3. The Morgan fingerprint density at radius 3 is 2.47 bits per heavy atom. The summed E-state index contributed by atoms with van der Waals surface area (Å²) in [6.45, 7) is 6.31. The Kier molecular flexibility index (Phi) is 4.14. The lowest BCUT2D eigenvalue weighted by molar-refractivity contribution is -0.150. The first-order chi connectivity index (χ1) is 7.10. The molecule has 0 amide bonds. The van der Waals surface area contributed by atoms with E-state index in [1.54, 1.807) is 0 Å². The average Bonchev–Trinajstić information content (AvgIpc) is 3.08. The van der Waals surface area contributed by atoms with E-state index < -0.39 is 5.54 Å². The Balaban J connectivity index is 2.78. The number of esters is 1. The lowest BCUT2D eigenvalue weighted by Crippen LogP contribution is -2.57. The van der Waals surface area contributed by atoms with Crippen molar-refractivity contribution in [3.63, 3.8) is 0 Å². The summed E-state index contributed by atoms with van der Waals surface area (Å²) in [5.41, 5.74) is -0.426. The molecule has 0 heterocycles. The van der Waals surface area contributed by atoms with E-state index in [1.807, 2.05) is 0 Å². The van der Waals surface area contributed by atoms with Crippen LogP contribution in [0.5, 0.6) is 0 Å². The lowest BCUT2D eigenvalue weighted by atomic mass is 9.89. The van der Waals surface area contributed by atoms with Gasteiger partial charge in [0.15, 0.2) is 0 Å². The molecule has 1 aliphatic carbocycles. The van der Waals surface area contributed by atoms with E-state index in [-0.39, 0.29) is 5.97 Å². The molecule has 1 aliphatic rings. The number of methoxy groups -OCH3 is 1. The topological polar surface area (TPSA) is 38.3 Å². The highest BCUT2D eigenvalue weighted by molar-refractivity contribution is 5.81. The van der Waals surface area contributed by atoms with Gasteiger partial charge < -0.3 is 4.74 Å². The average molecular weight is 213 g/mol. The van der Waals surface area contributed by atoms with E-state index >= 15 is 0 Å². The second-order valence-corrected chi connectivity index (χ2v) is 4.54. The maximum absolute atomic E-state index is 11.9. The number of hydrogen-bond donors (Lipinski definition) is 1. The molecule has 0 bridgehead atoms. The van der Waals surface area contributed by atoms with Crippen LogP contribution in [0.25, 0.3) is 0 Å². The van der Waals surface area contributed by atoms with Gasteiger partial charge in [-0.2, -0.15) is 0 Å². The molecule has 0 saturated heterocycles. The van der Waals surface area contributed by atoms with Crippen molar-refractivity contribution in [1.82, 2.24) is 5.32 Å². The van der Waals surface area contributed by atoms with Crippen LogP contribution in [0.3, 0.4) is 0 Å². The molecule has 15 heavy (non-hydrogen) atoms. The van der Waals surface area contributed by atoms with Crippen LogP contribution in [0.4, 0.5) is 0 Å². The molecule has 2 unspecified atom stereocenters. The zero-order valence-corrected chi connectivity index (χ0v) is 10.3. The third kappa shape index (κ3) is 2.51. The SMILES string of the molecule is CCC(C)NC(CC)(C(=O)OC)C1CC1. The fourth-order valence-corrected chi connectivity index (χ4v) is 2.18. The molecule has 1 N–H and O–H groups in total. The van der Waals surface area contributed by atoms with Crippen LogP contribution in [0.2, 0.25) is 0 Å². The summed E-state index contributed by atoms with van der Waals surface area (Å²) >= 11 is 0. The van der Waals surface area contributed by atoms with Gasteiger partial charge in [0.2, 0.25) is 0 Å². The van der Waals surface area contributed by atoms with E-state index in [2.05, 4.69) is 26.1 Å². The van der Waals surface area contributed by atoms with Crippen molar-refractivity contribution in [3.8, 4) is 0 Å². The molecule has 1 rings (SSSR count). The van der Waals surface area contributed by atoms with Crippen LogP contribution in [-0.4, -0.2) is 24.7 Å². The van der Waals surface area contributed by atoms with Crippen molar-refractivity contribution in [2.45, 2.75) is 58.0 Å². The fourth-order valence-electron chi connectivity index (χ4n) is 2.18. The van der Waals surface area contributed by atoms with Gasteiger partial charge in [0.25, 0.3) is 0 Å². The molecule has 0 aromatic heterocycles. The smallest absolute Gasteiger partial charge is 0.326 e. The third-order valence-electron chi connectivity index (χ3n) is 3.50. The largest absolute Gasteiger partial charge is 0.468 e. The zero-order chi connectivity index (χ0) is 11.5. The Morgan fingerprint density at radius 1 is 1.53 bits per heavy atom. The number of nitrogens with one attached hydrogen (secondary N) is 1. The predicted octanol–water partition coefficient (Wildman–Crippen LogP) is 2.11. The fraction of sp³-hybridized carbons (Fsp3) is 0.917. The van der Waals surface area contributed by atoms with Crippen molar-refractivity contribution in [1.29, 1.82) is 0 Å². The number of carbonyl (C=O) groups is 1. The van der Waals surface area contributed by atoms with Crippen LogP contribution in [0, 0.1) is 5.92 Å². The van der Waals surface area contributed by atoms with E-state index in [4.69, 9.17) is 4.74 Å². The minimum Gasteiger partial charge on any atom is -0.468 e. The summed E-state index contributed by atoms with van der Waals surface area (Å²) in [4.78, 5) is 11.9. The van der Waals surface area contributed by atoms with Gasteiger partial charge in [0, 0.05) is 6.04 Å². The minimum atomic E-state index is -0.426. The van der Waals surface area contributed by atoms with Crippen LogP contribution >= 0.6 is 0 Å². The highest BCUT2D eigenvalue weighted by Gasteiger charge is 2.50. The number of rotatable bonds is 6. The second-order valence-electron chi connectivity index (χ2n) is 4.54. The van der Waals surface area contributed by atoms with Gasteiger partial charge in [0.05, 0.1) is 7.11 Å². The van der Waals surface area contributed by atoms with Gasteiger partial charge in [0.1, 0.15) is 5.54 Å². The molecule has 2 atom stereocenters. The normalized spacial score (nSPS) is 21.9. The van der Waals surface area contributed by atoms with Crippen molar-refractivity contribution in [3.05, 3.63) is 0 Å². The summed E-state index contributed by atoms with van der Waals surface area (Å²) in [7, 11) is 1.48. The van der Waals surface area contributed by atoms with Crippen molar-refractivity contribution < 1.29 is 9.53 Å². The van der Waals surface area contributed by atoms with Gasteiger partial charge in [-0.25, -0.2) is 0 Å². The van der Waals surface area contributed by atoms with E-state index in [1.165, 1.54) is 7.11 Å². The quantitative estimate of drug-likeness (QED) is 0.687. The number of carbonyl (C=O) groups excluding carboxylic acids is 1. The molecule has 0 aliphatic heterocycles. The summed E-state index contributed by atoms with van der Waals surface area (Å²) in [5, 5.41) is 3.47. The molecule has 1 saturated carbocycles. The van der Waals surface area contributed by atoms with Crippen molar-refractivity contribution in [2.24, 2.45) is 5.92 Å². The van der Waals surface area contributed by atoms with Gasteiger partial charge >= 0.3 is 5.97 Å². The first kappa shape index (κ1) is 12.5. The van der Waals surface area contributed by atoms with E-state index in [0.717, 1.165) is 25.7 Å². The standard InChI is InChI=1S/C12H23NO2/c1-5-9(3)13-12(6-2,10-7-8-10)11(14)15-4/h9-10,13H,5-8H2,1-4H3. The highest BCUT2D eigenvalue weighted by Crippen LogP contribution is 2.42. The molecule has 3 nitrogen and oxygen atoms in total. The molecule has 0 spiro atoms. The van der Waals surface area contributed by atoms with Crippen LogP contribution < -0.4 is 5.32 Å².